The smallest absolute Gasteiger partial charge is 0.437 e. The number of alkyl halides is 6. The molecule has 0 amide bonds. The molecule has 0 heterocycles. The van der Waals surface area contributed by atoms with Crippen molar-refractivity contribution >= 4 is 5.97 Å². The molecule has 1 unspecified atom stereocenters. The molecule has 0 saturated carbocycles. The van der Waals surface area contributed by atoms with Gasteiger partial charge >= 0.3 is 23.9 Å². The Labute approximate surface area is 147 Å². The van der Waals surface area contributed by atoms with Crippen molar-refractivity contribution in [2.75, 3.05) is 0 Å². The van der Waals surface area contributed by atoms with Crippen LogP contribution in [0.1, 0.15) is 44.7 Å². The molecule has 0 aromatic heterocycles. The van der Waals surface area contributed by atoms with E-state index >= 15 is 0 Å². The maximum atomic E-state index is 12.6. The van der Waals surface area contributed by atoms with Gasteiger partial charge in [0.25, 0.3) is 0 Å². The molecule has 1 atom stereocenters. The summed E-state index contributed by atoms with van der Waals surface area (Å²) in [5.74, 6) is -2.68. The normalized spacial score (nSPS) is 14.9. The minimum Gasteiger partial charge on any atom is -0.458 e. The predicted molar refractivity (Wildman–Crippen MR) is 81.2 cm³/mol. The molecule has 148 valence electrons. The van der Waals surface area contributed by atoms with Gasteiger partial charge in [0.15, 0.2) is 0 Å². The van der Waals surface area contributed by atoms with Crippen molar-refractivity contribution in [1.82, 2.24) is 0 Å². The van der Waals surface area contributed by atoms with Crippen LogP contribution in [0.25, 0.3) is 0 Å². The number of aliphatic hydroxyl groups is 1. The Morgan fingerprint density at radius 1 is 1.00 bits per heavy atom. The Balaban J connectivity index is 2.90. The summed E-state index contributed by atoms with van der Waals surface area (Å²) in [6, 6.07) is 6.17. The predicted octanol–water partition coefficient (Wildman–Crippen LogP) is 4.74. The van der Waals surface area contributed by atoms with Crippen LogP contribution in [0.5, 0.6) is 0 Å². The average Bonchev–Trinajstić information content (AvgIpc) is 2.48. The fourth-order valence-corrected chi connectivity index (χ4v) is 2.05. The second kappa shape index (κ2) is 7.09. The zero-order chi connectivity index (χ0) is 20.6. The van der Waals surface area contributed by atoms with Crippen LogP contribution in [0.4, 0.5) is 26.3 Å². The van der Waals surface area contributed by atoms with Gasteiger partial charge in [0, 0.05) is 0 Å². The van der Waals surface area contributed by atoms with Crippen molar-refractivity contribution in [3.8, 4) is 0 Å². The highest BCUT2D eigenvalue weighted by molar-refractivity contribution is 5.81. The minimum atomic E-state index is -6.26. The van der Waals surface area contributed by atoms with E-state index in [0.29, 0.717) is 0 Å². The summed E-state index contributed by atoms with van der Waals surface area (Å²) >= 11 is 0. The first kappa shape index (κ1) is 22.3. The third-order valence-corrected chi connectivity index (χ3v) is 4.26. The first-order chi connectivity index (χ1) is 11.5. The number of hydrogen-bond donors (Lipinski definition) is 1. The van der Waals surface area contributed by atoms with E-state index in [2.05, 4.69) is 4.74 Å². The molecule has 1 aromatic rings. The molecule has 0 spiro atoms. The van der Waals surface area contributed by atoms with Crippen molar-refractivity contribution in [2.24, 2.45) is 5.41 Å². The summed E-state index contributed by atoms with van der Waals surface area (Å²) in [4.78, 5) is 11.3. The molecule has 0 aliphatic heterocycles. The van der Waals surface area contributed by atoms with Crippen molar-refractivity contribution in [3.63, 3.8) is 0 Å². The number of carbonyl (C=O) groups excluding carboxylic acids is 1. The fraction of sp³-hybridized carbons (Fsp3) is 0.588. The van der Waals surface area contributed by atoms with Gasteiger partial charge in [-0.05, 0) is 22.5 Å². The van der Waals surface area contributed by atoms with Gasteiger partial charge in [0.1, 0.15) is 6.61 Å². The second-order valence-corrected chi connectivity index (χ2v) is 7.11. The van der Waals surface area contributed by atoms with Gasteiger partial charge in [0.05, 0.1) is 0 Å². The minimum absolute atomic E-state index is 0.0517. The number of carbonyl (C=O) groups is 1. The van der Waals surface area contributed by atoms with E-state index in [1.165, 1.54) is 12.1 Å². The van der Waals surface area contributed by atoms with Crippen molar-refractivity contribution in [2.45, 2.75) is 58.2 Å². The number of benzene rings is 1. The molecule has 0 radical (unpaired) electrons. The zero-order valence-corrected chi connectivity index (χ0v) is 14.6. The molecule has 0 bridgehead atoms. The van der Waals surface area contributed by atoms with Gasteiger partial charge in [-0.1, -0.05) is 52.0 Å². The molecular weight excluding hydrogens is 366 g/mol. The highest BCUT2D eigenvalue weighted by atomic mass is 19.4. The Kier molecular flexibility index (Phi) is 6.08. The first-order valence-electron chi connectivity index (χ1n) is 7.63. The lowest BCUT2D eigenvalue weighted by molar-refractivity contribution is -0.357. The van der Waals surface area contributed by atoms with Crippen LogP contribution in [0, 0.1) is 5.41 Å². The van der Waals surface area contributed by atoms with E-state index in [0.717, 1.165) is 5.56 Å². The van der Waals surface area contributed by atoms with Crippen LogP contribution in [-0.4, -0.2) is 29.0 Å². The molecule has 0 saturated heterocycles. The van der Waals surface area contributed by atoms with Crippen LogP contribution in [0.2, 0.25) is 0 Å². The molecule has 1 N–H and O–H groups in total. The van der Waals surface area contributed by atoms with Crippen molar-refractivity contribution in [3.05, 3.63) is 35.4 Å². The van der Waals surface area contributed by atoms with Crippen LogP contribution >= 0.6 is 0 Å². The van der Waals surface area contributed by atoms with Gasteiger partial charge in [0.2, 0.25) is 0 Å². The third kappa shape index (κ3) is 4.49. The number of ether oxygens (including phenoxy) is 1. The van der Waals surface area contributed by atoms with Gasteiger partial charge in [-0.2, -0.15) is 26.3 Å². The van der Waals surface area contributed by atoms with E-state index in [1.807, 2.05) is 27.7 Å². The molecule has 1 aromatic carbocycles. The molecule has 0 aliphatic carbocycles. The SMILES string of the molecule is CC(c1ccc(COC(=O)C(O)(C(F)(F)F)C(F)(F)F)cc1)C(C)(C)C. The summed E-state index contributed by atoms with van der Waals surface area (Å²) in [6.45, 7) is 7.19. The second-order valence-electron chi connectivity index (χ2n) is 7.11. The molecule has 1 rings (SSSR count). The quantitative estimate of drug-likeness (QED) is 0.601. The van der Waals surface area contributed by atoms with E-state index in [1.54, 1.807) is 12.1 Å². The summed E-state index contributed by atoms with van der Waals surface area (Å²) in [7, 11) is 0. The maximum absolute atomic E-state index is 12.6. The van der Waals surface area contributed by atoms with Crippen LogP contribution in [-0.2, 0) is 16.1 Å². The average molecular weight is 386 g/mol. The van der Waals surface area contributed by atoms with Crippen molar-refractivity contribution in [1.29, 1.82) is 0 Å². The Morgan fingerprint density at radius 3 is 1.77 bits per heavy atom. The fourth-order valence-electron chi connectivity index (χ4n) is 2.05. The zero-order valence-electron chi connectivity index (χ0n) is 14.6. The van der Waals surface area contributed by atoms with Gasteiger partial charge in [-0.15, -0.1) is 0 Å². The van der Waals surface area contributed by atoms with Crippen LogP contribution in [0.15, 0.2) is 24.3 Å². The summed E-state index contributed by atoms with van der Waals surface area (Å²) in [5, 5.41) is 8.91. The summed E-state index contributed by atoms with van der Waals surface area (Å²) in [6.07, 6.45) is -12.5. The largest absolute Gasteiger partial charge is 0.458 e. The third-order valence-electron chi connectivity index (χ3n) is 4.26. The number of hydrogen-bond acceptors (Lipinski definition) is 3. The van der Waals surface area contributed by atoms with Crippen molar-refractivity contribution < 1.29 is 41.0 Å². The lowest BCUT2D eigenvalue weighted by Gasteiger charge is -2.29. The Bertz CT molecular complexity index is 612. The Hall–Kier alpha value is -1.77. The number of halogens is 6. The summed E-state index contributed by atoms with van der Waals surface area (Å²) < 4.78 is 79.4. The topological polar surface area (TPSA) is 46.5 Å². The molecule has 3 nitrogen and oxygen atoms in total. The molecule has 9 heteroatoms. The molecule has 26 heavy (non-hydrogen) atoms. The number of esters is 1. The highest BCUT2D eigenvalue weighted by Gasteiger charge is 2.76. The highest BCUT2D eigenvalue weighted by Crippen LogP contribution is 2.44. The van der Waals surface area contributed by atoms with Gasteiger partial charge in [-0.3, -0.25) is 0 Å². The monoisotopic (exact) mass is 386 g/mol. The van der Waals surface area contributed by atoms with Gasteiger partial charge < -0.3 is 9.84 Å². The number of rotatable bonds is 4. The summed E-state index contributed by atoms with van der Waals surface area (Å²) in [5.41, 5.74) is -4.52. The van der Waals surface area contributed by atoms with E-state index in [-0.39, 0.29) is 16.9 Å². The van der Waals surface area contributed by atoms with E-state index in [9.17, 15) is 31.1 Å². The Morgan fingerprint density at radius 2 is 1.42 bits per heavy atom. The molecule has 0 aliphatic rings. The molecule has 0 fully saturated rings. The van der Waals surface area contributed by atoms with E-state index in [4.69, 9.17) is 5.11 Å². The standard InChI is InChI=1S/C17H20F6O3/c1-10(14(2,3)4)12-7-5-11(6-8-12)9-26-13(24)15(25,16(18,19)20)17(21,22)23/h5-8,10,25H,9H2,1-4H3. The van der Waals surface area contributed by atoms with Crippen LogP contribution < -0.4 is 0 Å². The lowest BCUT2D eigenvalue weighted by Crippen LogP contribution is -2.62. The van der Waals surface area contributed by atoms with Gasteiger partial charge in [-0.25, -0.2) is 4.79 Å². The lowest BCUT2D eigenvalue weighted by atomic mass is 9.78. The maximum Gasteiger partial charge on any atom is 0.437 e. The first-order valence-corrected chi connectivity index (χ1v) is 7.63. The van der Waals surface area contributed by atoms with E-state index < -0.39 is 30.5 Å². The molecular formula is C17H20F6O3. The van der Waals surface area contributed by atoms with Crippen LogP contribution in [0.3, 0.4) is 0 Å².